The number of rotatable bonds is 8. The first-order valence-electron chi connectivity index (χ1n) is 7.76. The maximum atomic E-state index is 12.2. The molecule has 0 bridgehead atoms. The molecule has 0 aromatic rings. The molecule has 1 amide bonds. The highest BCUT2D eigenvalue weighted by Gasteiger charge is 2.22. The Morgan fingerprint density at radius 3 is 2.24 bits per heavy atom. The lowest BCUT2D eigenvalue weighted by molar-refractivity contribution is -0.132. The lowest BCUT2D eigenvalue weighted by Crippen LogP contribution is -2.48. The van der Waals surface area contributed by atoms with Gasteiger partial charge < -0.3 is 9.80 Å². The molecule has 0 spiro atoms. The zero-order valence-electron chi connectivity index (χ0n) is 13.5. The summed E-state index contributed by atoms with van der Waals surface area (Å²) in [6, 6.07) is 0. The van der Waals surface area contributed by atoms with E-state index in [1.165, 1.54) is 10.6 Å². The van der Waals surface area contributed by atoms with Gasteiger partial charge in [0, 0.05) is 45.7 Å². The van der Waals surface area contributed by atoms with Crippen LogP contribution < -0.4 is 0 Å². The van der Waals surface area contributed by atoms with Gasteiger partial charge in [0.25, 0.3) is 0 Å². The second-order valence-corrected chi connectivity index (χ2v) is 7.79. The van der Waals surface area contributed by atoms with E-state index < -0.39 is 10.0 Å². The molecule has 1 saturated heterocycles. The number of unbranched alkanes of at least 4 members (excludes halogenated alkanes) is 2. The van der Waals surface area contributed by atoms with Gasteiger partial charge in [-0.25, -0.2) is 12.7 Å². The first kappa shape index (κ1) is 18.4. The monoisotopic (exact) mass is 319 g/mol. The Balaban J connectivity index is 2.43. The van der Waals surface area contributed by atoms with Crippen LogP contribution in [0, 0.1) is 0 Å². The summed E-state index contributed by atoms with van der Waals surface area (Å²) >= 11 is 0. The summed E-state index contributed by atoms with van der Waals surface area (Å²) in [4.78, 5) is 16.2. The van der Waals surface area contributed by atoms with Crippen molar-refractivity contribution in [2.24, 2.45) is 0 Å². The minimum absolute atomic E-state index is 0.0623. The number of hydrogen-bond donors (Lipinski definition) is 0. The van der Waals surface area contributed by atoms with E-state index in [2.05, 4.69) is 11.8 Å². The van der Waals surface area contributed by atoms with Crippen molar-refractivity contribution in [3.05, 3.63) is 0 Å². The second-order valence-electron chi connectivity index (χ2n) is 5.80. The summed E-state index contributed by atoms with van der Waals surface area (Å²) in [5.41, 5.74) is 0. The summed E-state index contributed by atoms with van der Waals surface area (Å²) in [5, 5.41) is 0. The van der Waals surface area contributed by atoms with Crippen LogP contribution in [-0.4, -0.2) is 81.0 Å². The van der Waals surface area contributed by atoms with Gasteiger partial charge >= 0.3 is 0 Å². The minimum Gasteiger partial charge on any atom is -0.340 e. The lowest BCUT2D eigenvalue weighted by atomic mass is 10.2. The number of likely N-dealkylation sites (N-methyl/N-ethyl adjacent to an activating group) is 1. The maximum Gasteiger partial charge on any atom is 0.223 e. The number of sulfonamides is 1. The zero-order valence-corrected chi connectivity index (χ0v) is 14.4. The highest BCUT2D eigenvalue weighted by Crippen LogP contribution is 2.07. The van der Waals surface area contributed by atoms with E-state index in [9.17, 15) is 13.2 Å². The number of nitrogens with zero attached hydrogens (tertiary/aromatic N) is 3. The third-order valence-corrected chi connectivity index (χ3v) is 5.21. The van der Waals surface area contributed by atoms with Crippen LogP contribution in [-0.2, 0) is 14.8 Å². The fourth-order valence-electron chi connectivity index (χ4n) is 2.42. The van der Waals surface area contributed by atoms with Crippen molar-refractivity contribution >= 4 is 15.9 Å². The number of carbonyl (C=O) groups excluding carboxylic acids is 1. The summed E-state index contributed by atoms with van der Waals surface area (Å²) < 4.78 is 24.9. The number of hydrogen-bond acceptors (Lipinski definition) is 4. The Hall–Kier alpha value is -0.660. The summed E-state index contributed by atoms with van der Waals surface area (Å²) in [6.45, 7) is 6.16. The van der Waals surface area contributed by atoms with Crippen LogP contribution in [0.15, 0.2) is 0 Å². The maximum absolute atomic E-state index is 12.2. The molecule has 0 aromatic heterocycles. The summed E-state index contributed by atoms with van der Waals surface area (Å²) in [6.07, 6.45) is 4.42. The van der Waals surface area contributed by atoms with Crippen LogP contribution in [0.2, 0.25) is 0 Å². The Bertz CT molecular complexity index is 417. The standard InChI is InChI=1S/C14H29N3O3S/c1-4-5-6-8-17(21(3,19)20)9-7-14(18)16-12-10-15(2)11-13-16/h4-13H2,1-3H3. The number of carbonyl (C=O) groups is 1. The van der Waals surface area contributed by atoms with Gasteiger partial charge in [0.05, 0.1) is 6.26 Å². The van der Waals surface area contributed by atoms with Crippen molar-refractivity contribution in [3.63, 3.8) is 0 Å². The van der Waals surface area contributed by atoms with Gasteiger partial charge in [0.2, 0.25) is 15.9 Å². The van der Waals surface area contributed by atoms with Crippen molar-refractivity contribution in [2.75, 3.05) is 52.6 Å². The SMILES string of the molecule is CCCCCN(CCC(=O)N1CCN(C)CC1)S(C)(=O)=O. The molecule has 0 radical (unpaired) electrons. The topological polar surface area (TPSA) is 60.9 Å². The van der Waals surface area contributed by atoms with Crippen LogP contribution in [0.5, 0.6) is 0 Å². The molecule has 1 rings (SSSR count). The van der Waals surface area contributed by atoms with Crippen LogP contribution in [0.25, 0.3) is 0 Å². The van der Waals surface area contributed by atoms with Crippen molar-refractivity contribution in [3.8, 4) is 0 Å². The average Bonchev–Trinajstić information content (AvgIpc) is 2.41. The molecule has 0 aliphatic carbocycles. The van der Waals surface area contributed by atoms with Crippen LogP contribution in [0.3, 0.4) is 0 Å². The molecule has 1 aliphatic heterocycles. The van der Waals surface area contributed by atoms with Gasteiger partial charge in [0.15, 0.2) is 0 Å². The van der Waals surface area contributed by atoms with Gasteiger partial charge in [-0.05, 0) is 13.5 Å². The fourth-order valence-corrected chi connectivity index (χ4v) is 3.30. The fraction of sp³-hybridized carbons (Fsp3) is 0.929. The van der Waals surface area contributed by atoms with E-state index in [1.807, 2.05) is 11.9 Å². The smallest absolute Gasteiger partial charge is 0.223 e. The second kappa shape index (κ2) is 8.70. The van der Waals surface area contributed by atoms with E-state index in [-0.39, 0.29) is 12.3 Å². The largest absolute Gasteiger partial charge is 0.340 e. The molecule has 7 heteroatoms. The molecule has 0 atom stereocenters. The predicted molar refractivity (Wildman–Crippen MR) is 84.6 cm³/mol. The normalized spacial score (nSPS) is 17.4. The predicted octanol–water partition coefficient (Wildman–Crippen LogP) is 0.602. The lowest BCUT2D eigenvalue weighted by Gasteiger charge is -2.33. The van der Waals surface area contributed by atoms with E-state index in [4.69, 9.17) is 0 Å². The van der Waals surface area contributed by atoms with E-state index in [1.54, 1.807) is 0 Å². The molecule has 6 nitrogen and oxygen atoms in total. The van der Waals surface area contributed by atoms with Crippen molar-refractivity contribution in [1.82, 2.24) is 14.1 Å². The molecule has 0 saturated carbocycles. The molecule has 1 fully saturated rings. The highest BCUT2D eigenvalue weighted by molar-refractivity contribution is 7.88. The van der Waals surface area contributed by atoms with Crippen molar-refractivity contribution in [2.45, 2.75) is 32.6 Å². The summed E-state index contributed by atoms with van der Waals surface area (Å²) in [5.74, 6) is 0.0623. The molecule has 124 valence electrons. The molecule has 1 heterocycles. The van der Waals surface area contributed by atoms with E-state index in [0.717, 1.165) is 45.4 Å². The Kier molecular flexibility index (Phi) is 7.62. The zero-order chi connectivity index (χ0) is 15.9. The highest BCUT2D eigenvalue weighted by atomic mass is 32.2. The Labute approximate surface area is 129 Å². The van der Waals surface area contributed by atoms with E-state index in [0.29, 0.717) is 13.1 Å². The molecular weight excluding hydrogens is 290 g/mol. The molecular formula is C14H29N3O3S. The molecule has 0 aromatic carbocycles. The Morgan fingerprint density at radius 2 is 1.71 bits per heavy atom. The van der Waals surface area contributed by atoms with Crippen LogP contribution in [0.1, 0.15) is 32.6 Å². The van der Waals surface area contributed by atoms with Gasteiger partial charge in [-0.15, -0.1) is 0 Å². The van der Waals surface area contributed by atoms with Crippen molar-refractivity contribution in [1.29, 1.82) is 0 Å². The molecule has 21 heavy (non-hydrogen) atoms. The van der Waals surface area contributed by atoms with Gasteiger partial charge in [-0.1, -0.05) is 19.8 Å². The molecule has 0 unspecified atom stereocenters. The van der Waals surface area contributed by atoms with Crippen molar-refractivity contribution < 1.29 is 13.2 Å². The third-order valence-electron chi connectivity index (χ3n) is 3.91. The number of amides is 1. The molecule has 0 N–H and O–H groups in total. The summed E-state index contributed by atoms with van der Waals surface area (Å²) in [7, 11) is -1.18. The first-order chi connectivity index (χ1) is 9.84. The molecule has 1 aliphatic rings. The number of piperazine rings is 1. The minimum atomic E-state index is -3.23. The van der Waals surface area contributed by atoms with Gasteiger partial charge in [-0.3, -0.25) is 4.79 Å². The third kappa shape index (κ3) is 6.76. The van der Waals surface area contributed by atoms with Gasteiger partial charge in [-0.2, -0.15) is 0 Å². The van der Waals surface area contributed by atoms with E-state index >= 15 is 0 Å². The van der Waals surface area contributed by atoms with Gasteiger partial charge in [0.1, 0.15) is 0 Å². The van der Waals surface area contributed by atoms with Crippen LogP contribution in [0.4, 0.5) is 0 Å². The Morgan fingerprint density at radius 1 is 1.10 bits per heavy atom. The average molecular weight is 319 g/mol. The van der Waals surface area contributed by atoms with Crippen LogP contribution >= 0.6 is 0 Å². The first-order valence-corrected chi connectivity index (χ1v) is 9.61. The quantitative estimate of drug-likeness (QED) is 0.615.